The number of hydrogen-bond acceptors (Lipinski definition) is 3. The van der Waals surface area contributed by atoms with Gasteiger partial charge in [0.15, 0.2) is 0 Å². The van der Waals surface area contributed by atoms with E-state index in [9.17, 15) is 9.90 Å². The van der Waals surface area contributed by atoms with Crippen LogP contribution in [0.5, 0.6) is 5.75 Å². The molecule has 21 heavy (non-hydrogen) atoms. The maximum absolute atomic E-state index is 12.4. The van der Waals surface area contributed by atoms with Gasteiger partial charge >= 0.3 is 0 Å². The number of benzene rings is 2. The molecule has 0 spiro atoms. The lowest BCUT2D eigenvalue weighted by Gasteiger charge is -2.19. The average Bonchev–Trinajstić information content (AvgIpc) is 2.44. The minimum Gasteiger partial charge on any atom is -0.508 e. The van der Waals surface area contributed by atoms with E-state index in [2.05, 4.69) is 0 Å². The van der Waals surface area contributed by atoms with Crippen LogP contribution in [0.2, 0.25) is 10.0 Å². The minimum atomic E-state index is -0.311. The zero-order valence-electron chi connectivity index (χ0n) is 11.3. The molecule has 0 bridgehead atoms. The molecular weight excluding hydrogens is 311 g/mol. The molecular formula is C15H14Cl2N2O2. The number of hydrogen-bond donors (Lipinski definition) is 2. The molecule has 110 valence electrons. The number of halogens is 2. The summed E-state index contributed by atoms with van der Waals surface area (Å²) in [6.45, 7) is 0.286. The number of rotatable bonds is 3. The van der Waals surface area contributed by atoms with Crippen LogP contribution < -0.4 is 5.73 Å². The maximum Gasteiger partial charge on any atom is 0.255 e. The Morgan fingerprint density at radius 3 is 2.57 bits per heavy atom. The summed E-state index contributed by atoms with van der Waals surface area (Å²) in [5.41, 5.74) is 7.27. The molecule has 3 N–H and O–H groups in total. The van der Waals surface area contributed by atoms with Gasteiger partial charge in [-0.05, 0) is 42.0 Å². The smallest absolute Gasteiger partial charge is 0.255 e. The Hall–Kier alpha value is -1.91. The van der Waals surface area contributed by atoms with Crippen LogP contribution in [-0.4, -0.2) is 23.0 Å². The summed E-state index contributed by atoms with van der Waals surface area (Å²) in [6, 6.07) is 9.34. The third kappa shape index (κ3) is 3.60. The molecule has 0 atom stereocenters. The van der Waals surface area contributed by atoms with Crippen LogP contribution in [-0.2, 0) is 6.54 Å². The SMILES string of the molecule is CN(Cc1cc(N)ccc1Cl)C(=O)c1cc(O)ccc1Cl. The van der Waals surface area contributed by atoms with Crippen molar-refractivity contribution in [2.75, 3.05) is 12.8 Å². The second-order valence-corrected chi connectivity index (χ2v) is 5.49. The molecule has 0 saturated carbocycles. The lowest BCUT2D eigenvalue weighted by molar-refractivity contribution is 0.0785. The maximum atomic E-state index is 12.4. The van der Waals surface area contributed by atoms with E-state index in [4.69, 9.17) is 28.9 Å². The van der Waals surface area contributed by atoms with Crippen molar-refractivity contribution in [3.63, 3.8) is 0 Å². The van der Waals surface area contributed by atoms with Crippen molar-refractivity contribution >= 4 is 34.8 Å². The van der Waals surface area contributed by atoms with E-state index in [0.717, 1.165) is 5.56 Å². The van der Waals surface area contributed by atoms with Crippen molar-refractivity contribution < 1.29 is 9.90 Å². The highest BCUT2D eigenvalue weighted by atomic mass is 35.5. The van der Waals surface area contributed by atoms with E-state index in [1.807, 2.05) is 0 Å². The van der Waals surface area contributed by atoms with Gasteiger partial charge in [-0.2, -0.15) is 0 Å². The van der Waals surface area contributed by atoms with Gasteiger partial charge in [0, 0.05) is 24.3 Å². The molecule has 0 aromatic heterocycles. The summed E-state index contributed by atoms with van der Waals surface area (Å²) in [5.74, 6) is -0.326. The normalized spacial score (nSPS) is 10.4. The Balaban J connectivity index is 2.23. The van der Waals surface area contributed by atoms with Gasteiger partial charge in [0.25, 0.3) is 5.91 Å². The van der Waals surface area contributed by atoms with Crippen molar-refractivity contribution in [3.05, 3.63) is 57.6 Å². The second-order valence-electron chi connectivity index (χ2n) is 4.68. The van der Waals surface area contributed by atoms with Gasteiger partial charge in [-0.1, -0.05) is 23.2 Å². The highest BCUT2D eigenvalue weighted by Gasteiger charge is 2.17. The fourth-order valence-corrected chi connectivity index (χ4v) is 2.30. The van der Waals surface area contributed by atoms with Crippen molar-refractivity contribution in [3.8, 4) is 5.75 Å². The summed E-state index contributed by atoms with van der Waals surface area (Å²) in [6.07, 6.45) is 0. The summed E-state index contributed by atoms with van der Waals surface area (Å²) in [7, 11) is 1.63. The third-order valence-corrected chi connectivity index (χ3v) is 3.70. The van der Waals surface area contributed by atoms with Crippen LogP contribution in [0.1, 0.15) is 15.9 Å². The lowest BCUT2D eigenvalue weighted by atomic mass is 10.1. The quantitative estimate of drug-likeness (QED) is 0.848. The largest absolute Gasteiger partial charge is 0.508 e. The van der Waals surface area contributed by atoms with E-state index >= 15 is 0 Å². The lowest BCUT2D eigenvalue weighted by Crippen LogP contribution is -2.26. The number of nitrogens with two attached hydrogens (primary N) is 1. The minimum absolute atomic E-state index is 0.0156. The number of aromatic hydroxyl groups is 1. The third-order valence-electron chi connectivity index (χ3n) is 3.00. The molecule has 2 aromatic rings. The van der Waals surface area contributed by atoms with Gasteiger partial charge in [0.1, 0.15) is 5.75 Å². The Morgan fingerprint density at radius 1 is 1.19 bits per heavy atom. The first-order valence-electron chi connectivity index (χ1n) is 6.16. The average molecular weight is 325 g/mol. The molecule has 0 saturated heterocycles. The van der Waals surface area contributed by atoms with E-state index in [0.29, 0.717) is 10.7 Å². The van der Waals surface area contributed by atoms with Crippen molar-refractivity contribution in [1.29, 1.82) is 0 Å². The summed E-state index contributed by atoms with van der Waals surface area (Å²) in [5, 5.41) is 10.3. The highest BCUT2D eigenvalue weighted by Crippen LogP contribution is 2.24. The predicted octanol–water partition coefficient (Wildman–Crippen LogP) is 3.55. The first-order valence-corrected chi connectivity index (χ1v) is 6.92. The molecule has 4 nitrogen and oxygen atoms in total. The monoisotopic (exact) mass is 324 g/mol. The molecule has 0 aliphatic rings. The Morgan fingerprint density at radius 2 is 1.86 bits per heavy atom. The zero-order chi connectivity index (χ0) is 15.6. The number of carbonyl (C=O) groups is 1. The van der Waals surface area contributed by atoms with Crippen LogP contribution in [0.15, 0.2) is 36.4 Å². The number of phenolic OH excluding ortho intramolecular Hbond substituents is 1. The zero-order valence-corrected chi connectivity index (χ0v) is 12.8. The van der Waals surface area contributed by atoms with Gasteiger partial charge in [-0.3, -0.25) is 4.79 Å². The van der Waals surface area contributed by atoms with Crippen molar-refractivity contribution in [2.45, 2.75) is 6.54 Å². The number of anilines is 1. The van der Waals surface area contributed by atoms with Crippen molar-refractivity contribution in [1.82, 2.24) is 4.90 Å². The first-order chi connectivity index (χ1) is 9.88. The molecule has 0 fully saturated rings. The first kappa shape index (κ1) is 15.5. The molecule has 0 unspecified atom stereocenters. The highest BCUT2D eigenvalue weighted by molar-refractivity contribution is 6.34. The van der Waals surface area contributed by atoms with Crippen LogP contribution in [0.3, 0.4) is 0 Å². The standard InChI is InChI=1S/C15H14Cl2N2O2/c1-19(8-9-6-10(18)2-4-13(9)16)15(21)12-7-11(20)3-5-14(12)17/h2-7,20H,8,18H2,1H3. The Kier molecular flexibility index (Phi) is 4.60. The molecule has 0 radical (unpaired) electrons. The molecule has 1 amide bonds. The molecule has 0 aliphatic carbocycles. The van der Waals surface area contributed by atoms with Gasteiger partial charge in [0.05, 0.1) is 10.6 Å². The second kappa shape index (κ2) is 6.24. The molecule has 0 heterocycles. The number of phenols is 1. The van der Waals surface area contributed by atoms with Crippen LogP contribution in [0.25, 0.3) is 0 Å². The number of nitrogens with zero attached hydrogens (tertiary/aromatic N) is 1. The van der Waals surface area contributed by atoms with Crippen LogP contribution in [0, 0.1) is 0 Å². The molecule has 2 rings (SSSR count). The number of carbonyl (C=O) groups excluding carboxylic acids is 1. The molecule has 6 heteroatoms. The van der Waals surface area contributed by atoms with Gasteiger partial charge in [-0.25, -0.2) is 0 Å². The molecule has 0 aliphatic heterocycles. The summed E-state index contributed by atoms with van der Waals surface area (Å²) >= 11 is 12.1. The van der Waals surface area contributed by atoms with E-state index in [1.54, 1.807) is 25.2 Å². The summed E-state index contributed by atoms with van der Waals surface area (Å²) in [4.78, 5) is 13.8. The predicted molar refractivity (Wildman–Crippen MR) is 84.8 cm³/mol. The number of amides is 1. The van der Waals surface area contributed by atoms with E-state index in [-0.39, 0.29) is 28.8 Å². The van der Waals surface area contributed by atoms with Crippen molar-refractivity contribution in [2.24, 2.45) is 0 Å². The van der Waals surface area contributed by atoms with Crippen LogP contribution in [0.4, 0.5) is 5.69 Å². The Bertz CT molecular complexity index is 689. The van der Waals surface area contributed by atoms with Gasteiger partial charge in [0.2, 0.25) is 0 Å². The number of nitrogen functional groups attached to an aromatic ring is 1. The molecule has 2 aromatic carbocycles. The fourth-order valence-electron chi connectivity index (χ4n) is 1.93. The van der Waals surface area contributed by atoms with E-state index in [1.165, 1.54) is 23.1 Å². The van der Waals surface area contributed by atoms with Crippen LogP contribution >= 0.6 is 23.2 Å². The Labute approximate surface area is 132 Å². The van der Waals surface area contributed by atoms with Gasteiger partial charge in [-0.15, -0.1) is 0 Å². The van der Waals surface area contributed by atoms with E-state index < -0.39 is 0 Å². The van der Waals surface area contributed by atoms with Gasteiger partial charge < -0.3 is 15.7 Å². The summed E-state index contributed by atoms with van der Waals surface area (Å²) < 4.78 is 0. The fraction of sp³-hybridized carbons (Fsp3) is 0.133. The topological polar surface area (TPSA) is 66.6 Å².